The van der Waals surface area contributed by atoms with Crippen LogP contribution in [-0.2, 0) is 11.2 Å². The summed E-state index contributed by atoms with van der Waals surface area (Å²) in [6.07, 6.45) is 7.66. The topological polar surface area (TPSA) is 55.1 Å². The standard InChI is InChI=1S/C17H24N2O.ClH/c1-17(9-2-3-10-17)16(20)19-15-6-4-5-12-11-13(18)7-8-14(12)15;/h7-8,11,15H,2-6,9-10,18H2,1H3,(H,19,20);1H. The molecule has 1 saturated carbocycles. The van der Waals surface area contributed by atoms with Crippen LogP contribution in [0.5, 0.6) is 0 Å². The molecule has 0 bridgehead atoms. The number of rotatable bonds is 2. The molecule has 1 unspecified atom stereocenters. The van der Waals surface area contributed by atoms with Gasteiger partial charge in [-0.1, -0.05) is 25.8 Å². The van der Waals surface area contributed by atoms with Crippen LogP contribution in [0.25, 0.3) is 0 Å². The smallest absolute Gasteiger partial charge is 0.226 e. The van der Waals surface area contributed by atoms with Gasteiger partial charge in [0.1, 0.15) is 0 Å². The molecule has 0 spiro atoms. The Kier molecular flexibility index (Phi) is 4.82. The van der Waals surface area contributed by atoms with Crippen LogP contribution in [0.1, 0.15) is 62.6 Å². The van der Waals surface area contributed by atoms with Crippen LogP contribution in [-0.4, -0.2) is 5.91 Å². The van der Waals surface area contributed by atoms with Crippen LogP contribution in [0.2, 0.25) is 0 Å². The van der Waals surface area contributed by atoms with Gasteiger partial charge in [-0.15, -0.1) is 12.4 Å². The molecule has 21 heavy (non-hydrogen) atoms. The minimum Gasteiger partial charge on any atom is -0.399 e. The number of nitrogens with two attached hydrogens (primary N) is 1. The largest absolute Gasteiger partial charge is 0.399 e. The minimum absolute atomic E-state index is 0. The molecule has 3 N–H and O–H groups in total. The van der Waals surface area contributed by atoms with Crippen LogP contribution < -0.4 is 11.1 Å². The molecule has 0 radical (unpaired) electrons. The van der Waals surface area contributed by atoms with E-state index in [1.54, 1.807) is 0 Å². The van der Waals surface area contributed by atoms with Gasteiger partial charge in [0, 0.05) is 11.1 Å². The first-order valence-electron chi connectivity index (χ1n) is 7.78. The second kappa shape index (κ2) is 6.27. The number of benzene rings is 1. The molecule has 0 saturated heterocycles. The monoisotopic (exact) mass is 308 g/mol. The number of anilines is 1. The molecule has 1 amide bonds. The summed E-state index contributed by atoms with van der Waals surface area (Å²) >= 11 is 0. The summed E-state index contributed by atoms with van der Waals surface area (Å²) in [7, 11) is 0. The third-order valence-corrected chi connectivity index (χ3v) is 5.04. The molecule has 2 aliphatic carbocycles. The van der Waals surface area contributed by atoms with E-state index in [1.807, 2.05) is 6.07 Å². The Hall–Kier alpha value is -1.22. The fourth-order valence-electron chi connectivity index (χ4n) is 3.70. The number of aryl methyl sites for hydroxylation is 1. The molecule has 1 atom stereocenters. The lowest BCUT2D eigenvalue weighted by Crippen LogP contribution is -2.40. The zero-order chi connectivity index (χ0) is 14.2. The van der Waals surface area contributed by atoms with E-state index in [4.69, 9.17) is 5.73 Å². The number of nitrogens with one attached hydrogen (secondary N) is 1. The number of fused-ring (bicyclic) bond motifs is 1. The lowest BCUT2D eigenvalue weighted by molar-refractivity contribution is -0.130. The Bertz CT molecular complexity index is 524. The maximum absolute atomic E-state index is 12.6. The van der Waals surface area contributed by atoms with Gasteiger partial charge in [0.2, 0.25) is 5.91 Å². The molecular weight excluding hydrogens is 284 g/mol. The third kappa shape index (κ3) is 3.18. The zero-order valence-corrected chi connectivity index (χ0v) is 13.5. The second-order valence-electron chi connectivity index (χ2n) is 6.64. The molecule has 0 heterocycles. The van der Waals surface area contributed by atoms with Crippen molar-refractivity contribution >= 4 is 24.0 Å². The SMILES string of the molecule is CC1(C(=O)NC2CCCc3cc(N)ccc32)CCCC1.Cl. The van der Waals surface area contributed by atoms with E-state index in [0.717, 1.165) is 37.8 Å². The molecule has 1 aromatic rings. The number of amides is 1. The molecule has 0 aliphatic heterocycles. The molecular formula is C17H25ClN2O. The normalized spacial score (nSPS) is 23.0. The molecule has 3 nitrogen and oxygen atoms in total. The van der Waals surface area contributed by atoms with Gasteiger partial charge in [0.25, 0.3) is 0 Å². The highest BCUT2D eigenvalue weighted by Crippen LogP contribution is 2.39. The summed E-state index contributed by atoms with van der Waals surface area (Å²) in [6, 6.07) is 6.27. The van der Waals surface area contributed by atoms with E-state index in [2.05, 4.69) is 24.4 Å². The lowest BCUT2D eigenvalue weighted by atomic mass is 9.84. The van der Waals surface area contributed by atoms with Crippen LogP contribution in [0, 0.1) is 5.41 Å². The number of hydrogen-bond donors (Lipinski definition) is 2. The van der Waals surface area contributed by atoms with Crippen molar-refractivity contribution in [2.75, 3.05) is 5.73 Å². The van der Waals surface area contributed by atoms with E-state index in [9.17, 15) is 4.79 Å². The third-order valence-electron chi connectivity index (χ3n) is 5.04. The lowest BCUT2D eigenvalue weighted by Gasteiger charge is -2.30. The van der Waals surface area contributed by atoms with Gasteiger partial charge in [-0.05, 0) is 55.4 Å². The Morgan fingerprint density at radius 3 is 2.71 bits per heavy atom. The van der Waals surface area contributed by atoms with Gasteiger partial charge in [-0.3, -0.25) is 4.79 Å². The van der Waals surface area contributed by atoms with E-state index < -0.39 is 0 Å². The van der Waals surface area contributed by atoms with Crippen LogP contribution in [0.3, 0.4) is 0 Å². The van der Waals surface area contributed by atoms with Crippen molar-refractivity contribution in [2.45, 2.75) is 57.9 Å². The van der Waals surface area contributed by atoms with Gasteiger partial charge in [-0.2, -0.15) is 0 Å². The zero-order valence-electron chi connectivity index (χ0n) is 12.7. The van der Waals surface area contributed by atoms with Gasteiger partial charge >= 0.3 is 0 Å². The van der Waals surface area contributed by atoms with Crippen molar-refractivity contribution < 1.29 is 4.79 Å². The quantitative estimate of drug-likeness (QED) is 0.817. The number of carbonyl (C=O) groups excluding carboxylic acids is 1. The summed E-state index contributed by atoms with van der Waals surface area (Å²) in [5, 5.41) is 3.30. The van der Waals surface area contributed by atoms with Crippen molar-refractivity contribution in [2.24, 2.45) is 5.41 Å². The van der Waals surface area contributed by atoms with E-state index in [1.165, 1.54) is 24.0 Å². The molecule has 3 rings (SSSR count). The average molecular weight is 309 g/mol. The maximum Gasteiger partial charge on any atom is 0.226 e. The van der Waals surface area contributed by atoms with Crippen molar-refractivity contribution in [1.29, 1.82) is 0 Å². The fraction of sp³-hybridized carbons (Fsp3) is 0.588. The number of halogens is 1. The van der Waals surface area contributed by atoms with Gasteiger partial charge in [0.05, 0.1) is 6.04 Å². The number of carbonyl (C=O) groups is 1. The summed E-state index contributed by atoms with van der Waals surface area (Å²) in [5.74, 6) is 0.240. The Labute approximate surface area is 133 Å². The van der Waals surface area contributed by atoms with Crippen molar-refractivity contribution in [3.8, 4) is 0 Å². The fourth-order valence-corrected chi connectivity index (χ4v) is 3.70. The van der Waals surface area contributed by atoms with Crippen LogP contribution >= 0.6 is 12.4 Å². The summed E-state index contributed by atoms with van der Waals surface area (Å²) < 4.78 is 0. The Balaban J connectivity index is 0.00000161. The highest BCUT2D eigenvalue weighted by Gasteiger charge is 2.37. The molecule has 116 valence electrons. The maximum atomic E-state index is 12.6. The van der Waals surface area contributed by atoms with Crippen molar-refractivity contribution in [3.63, 3.8) is 0 Å². The van der Waals surface area contributed by atoms with Crippen molar-refractivity contribution in [1.82, 2.24) is 5.32 Å². The molecule has 1 aromatic carbocycles. The Morgan fingerprint density at radius 2 is 2.00 bits per heavy atom. The summed E-state index contributed by atoms with van der Waals surface area (Å²) in [4.78, 5) is 12.6. The van der Waals surface area contributed by atoms with Crippen molar-refractivity contribution in [3.05, 3.63) is 29.3 Å². The van der Waals surface area contributed by atoms with Gasteiger partial charge in [0.15, 0.2) is 0 Å². The highest BCUT2D eigenvalue weighted by atomic mass is 35.5. The first-order chi connectivity index (χ1) is 9.58. The molecule has 4 heteroatoms. The number of nitrogen functional groups attached to an aromatic ring is 1. The first kappa shape index (κ1) is 16.2. The Morgan fingerprint density at radius 1 is 1.29 bits per heavy atom. The van der Waals surface area contributed by atoms with Gasteiger partial charge < -0.3 is 11.1 Å². The predicted octanol–water partition coefficient (Wildman–Crippen LogP) is 3.76. The van der Waals surface area contributed by atoms with Gasteiger partial charge in [-0.25, -0.2) is 0 Å². The molecule has 0 aromatic heterocycles. The van der Waals surface area contributed by atoms with Crippen LogP contribution in [0.4, 0.5) is 5.69 Å². The molecule has 1 fully saturated rings. The second-order valence-corrected chi connectivity index (χ2v) is 6.64. The van der Waals surface area contributed by atoms with E-state index in [-0.39, 0.29) is 29.8 Å². The average Bonchev–Trinajstić information content (AvgIpc) is 2.87. The first-order valence-corrected chi connectivity index (χ1v) is 7.78. The summed E-state index contributed by atoms with van der Waals surface area (Å²) in [6.45, 7) is 2.11. The van der Waals surface area contributed by atoms with Crippen LogP contribution in [0.15, 0.2) is 18.2 Å². The van der Waals surface area contributed by atoms with E-state index >= 15 is 0 Å². The highest BCUT2D eigenvalue weighted by molar-refractivity contribution is 5.85. The summed E-state index contributed by atoms with van der Waals surface area (Å²) in [5.41, 5.74) is 9.10. The predicted molar refractivity (Wildman–Crippen MR) is 88.5 cm³/mol. The minimum atomic E-state index is -0.147. The molecule has 2 aliphatic rings. The van der Waals surface area contributed by atoms with E-state index in [0.29, 0.717) is 0 Å². The number of hydrogen-bond acceptors (Lipinski definition) is 2.